The van der Waals surface area contributed by atoms with Crippen LogP contribution < -0.4 is 10.3 Å². The first-order chi connectivity index (χ1) is 12.7. The average Bonchev–Trinajstić information content (AvgIpc) is 3.12. The van der Waals surface area contributed by atoms with Crippen molar-refractivity contribution in [2.24, 2.45) is 0 Å². The van der Waals surface area contributed by atoms with Gasteiger partial charge in [-0.15, -0.1) is 0 Å². The van der Waals surface area contributed by atoms with Gasteiger partial charge in [0.15, 0.2) is 0 Å². The molecule has 0 N–H and O–H groups in total. The van der Waals surface area contributed by atoms with Gasteiger partial charge in [0.1, 0.15) is 10.8 Å². The van der Waals surface area contributed by atoms with Crippen molar-refractivity contribution in [3.63, 3.8) is 0 Å². The fourth-order valence-corrected chi connectivity index (χ4v) is 3.34. The van der Waals surface area contributed by atoms with Crippen LogP contribution in [0.1, 0.15) is 11.3 Å². The standard InChI is InChI=1S/C19H14N4O2S/c1-25-16-8-5-14(6-9-16)18-22-23-17(24)11-15(21-19(23)26-18)7-4-13-3-2-10-20-12-13/h2-12H,1H3/b7-4+. The molecular weight excluding hydrogens is 348 g/mol. The van der Waals surface area contributed by atoms with Crippen LogP contribution in [0.3, 0.4) is 0 Å². The second-order valence-corrected chi connectivity index (χ2v) is 6.43. The summed E-state index contributed by atoms with van der Waals surface area (Å²) < 4.78 is 6.49. The maximum atomic E-state index is 12.4. The van der Waals surface area contributed by atoms with Crippen molar-refractivity contribution in [3.8, 4) is 16.3 Å². The fourth-order valence-electron chi connectivity index (χ4n) is 2.42. The Morgan fingerprint density at radius 3 is 2.73 bits per heavy atom. The number of hydrogen-bond acceptors (Lipinski definition) is 6. The van der Waals surface area contributed by atoms with Gasteiger partial charge in [-0.05, 0) is 42.0 Å². The Morgan fingerprint density at radius 2 is 2.00 bits per heavy atom. The van der Waals surface area contributed by atoms with Crippen LogP contribution in [0.2, 0.25) is 0 Å². The molecule has 7 heteroatoms. The molecule has 1 aromatic carbocycles. The fraction of sp³-hybridized carbons (Fsp3) is 0.0526. The van der Waals surface area contributed by atoms with E-state index in [0.29, 0.717) is 10.7 Å². The van der Waals surface area contributed by atoms with E-state index < -0.39 is 0 Å². The maximum Gasteiger partial charge on any atom is 0.275 e. The van der Waals surface area contributed by atoms with E-state index in [0.717, 1.165) is 21.9 Å². The number of methoxy groups -OCH3 is 1. The van der Waals surface area contributed by atoms with Crippen molar-refractivity contribution in [2.45, 2.75) is 0 Å². The molecule has 3 heterocycles. The summed E-state index contributed by atoms with van der Waals surface area (Å²) in [6.45, 7) is 0. The zero-order chi connectivity index (χ0) is 17.9. The number of aromatic nitrogens is 4. The third-order valence-electron chi connectivity index (χ3n) is 3.73. The molecule has 4 rings (SSSR count). The van der Waals surface area contributed by atoms with Crippen molar-refractivity contribution in [1.29, 1.82) is 0 Å². The van der Waals surface area contributed by atoms with Gasteiger partial charge in [0.2, 0.25) is 4.96 Å². The molecule has 128 valence electrons. The largest absolute Gasteiger partial charge is 0.497 e. The zero-order valence-electron chi connectivity index (χ0n) is 13.9. The Kier molecular flexibility index (Phi) is 4.28. The summed E-state index contributed by atoms with van der Waals surface area (Å²) in [6.07, 6.45) is 7.13. The predicted molar refractivity (Wildman–Crippen MR) is 102 cm³/mol. The maximum absolute atomic E-state index is 12.4. The van der Waals surface area contributed by atoms with Crippen LogP contribution in [-0.4, -0.2) is 26.7 Å². The molecule has 0 aliphatic heterocycles. The van der Waals surface area contributed by atoms with Crippen LogP contribution in [0, 0.1) is 0 Å². The van der Waals surface area contributed by atoms with Crippen molar-refractivity contribution < 1.29 is 4.74 Å². The van der Waals surface area contributed by atoms with E-state index in [4.69, 9.17) is 4.74 Å². The molecule has 0 saturated heterocycles. The zero-order valence-corrected chi connectivity index (χ0v) is 14.7. The van der Waals surface area contributed by atoms with Gasteiger partial charge < -0.3 is 4.74 Å². The van der Waals surface area contributed by atoms with Gasteiger partial charge in [0.25, 0.3) is 5.56 Å². The molecule has 0 radical (unpaired) electrons. The van der Waals surface area contributed by atoms with Crippen molar-refractivity contribution >= 4 is 28.4 Å². The van der Waals surface area contributed by atoms with Gasteiger partial charge in [0, 0.05) is 24.0 Å². The van der Waals surface area contributed by atoms with E-state index >= 15 is 0 Å². The highest BCUT2D eigenvalue weighted by atomic mass is 32.1. The Labute approximate surface area is 153 Å². The van der Waals surface area contributed by atoms with Gasteiger partial charge in [-0.2, -0.15) is 9.61 Å². The molecular formula is C19H14N4O2S. The lowest BCUT2D eigenvalue weighted by atomic mass is 10.2. The molecule has 0 saturated carbocycles. The molecule has 0 aliphatic carbocycles. The van der Waals surface area contributed by atoms with E-state index in [-0.39, 0.29) is 5.56 Å². The number of rotatable bonds is 4. The molecule has 0 aliphatic rings. The lowest BCUT2D eigenvalue weighted by Gasteiger charge is -1.99. The normalized spacial score (nSPS) is 11.3. The molecule has 3 aromatic heterocycles. The molecule has 0 atom stereocenters. The number of pyridine rings is 1. The molecule has 26 heavy (non-hydrogen) atoms. The number of fused-ring (bicyclic) bond motifs is 1. The van der Waals surface area contributed by atoms with Gasteiger partial charge in [-0.25, -0.2) is 4.98 Å². The Balaban J connectivity index is 1.70. The van der Waals surface area contributed by atoms with E-state index in [2.05, 4.69) is 15.1 Å². The van der Waals surface area contributed by atoms with E-state index in [9.17, 15) is 4.79 Å². The Bertz CT molecular complexity index is 1130. The van der Waals surface area contributed by atoms with Crippen LogP contribution in [-0.2, 0) is 0 Å². The second-order valence-electron chi connectivity index (χ2n) is 5.47. The number of nitrogens with zero attached hydrogens (tertiary/aromatic N) is 4. The van der Waals surface area contributed by atoms with Crippen LogP contribution in [0.5, 0.6) is 5.75 Å². The quantitative estimate of drug-likeness (QED) is 0.557. The summed E-state index contributed by atoms with van der Waals surface area (Å²) in [7, 11) is 1.62. The van der Waals surface area contributed by atoms with Crippen molar-refractivity contribution in [2.75, 3.05) is 7.11 Å². The topological polar surface area (TPSA) is 69.4 Å². The van der Waals surface area contributed by atoms with Gasteiger partial charge in [0.05, 0.1) is 12.8 Å². The molecule has 0 fully saturated rings. The summed E-state index contributed by atoms with van der Waals surface area (Å²) >= 11 is 1.37. The molecule has 0 spiro atoms. The number of benzene rings is 1. The minimum atomic E-state index is -0.211. The molecule has 0 amide bonds. The highest BCUT2D eigenvalue weighted by molar-refractivity contribution is 7.19. The Morgan fingerprint density at radius 1 is 1.15 bits per heavy atom. The molecule has 6 nitrogen and oxygen atoms in total. The van der Waals surface area contributed by atoms with E-state index in [1.807, 2.05) is 42.5 Å². The summed E-state index contributed by atoms with van der Waals surface area (Å²) in [5, 5.41) is 5.11. The van der Waals surface area contributed by atoms with Crippen LogP contribution in [0.4, 0.5) is 0 Å². The summed E-state index contributed by atoms with van der Waals surface area (Å²) in [5.74, 6) is 0.771. The first-order valence-corrected chi connectivity index (χ1v) is 8.68. The molecule has 0 bridgehead atoms. The van der Waals surface area contributed by atoms with Gasteiger partial charge >= 0.3 is 0 Å². The monoisotopic (exact) mass is 362 g/mol. The number of hydrogen-bond donors (Lipinski definition) is 0. The van der Waals surface area contributed by atoms with Crippen LogP contribution in [0.15, 0.2) is 59.7 Å². The third-order valence-corrected chi connectivity index (χ3v) is 4.69. The SMILES string of the molecule is COc1ccc(-c2nn3c(=O)cc(/C=C/c4cccnc4)nc3s2)cc1. The predicted octanol–water partition coefficient (Wildman–Crippen LogP) is 3.39. The second kappa shape index (κ2) is 6.89. The molecule has 0 unspecified atom stereocenters. The van der Waals surface area contributed by atoms with E-state index in [1.165, 1.54) is 21.9 Å². The van der Waals surface area contributed by atoms with E-state index in [1.54, 1.807) is 25.6 Å². The Hall–Kier alpha value is -3.32. The van der Waals surface area contributed by atoms with Crippen LogP contribution >= 0.6 is 11.3 Å². The summed E-state index contributed by atoms with van der Waals surface area (Å²) in [6, 6.07) is 12.8. The summed E-state index contributed by atoms with van der Waals surface area (Å²) in [5.41, 5.74) is 2.23. The van der Waals surface area contributed by atoms with Gasteiger partial charge in [-0.3, -0.25) is 9.78 Å². The highest BCUT2D eigenvalue weighted by Crippen LogP contribution is 2.26. The highest BCUT2D eigenvalue weighted by Gasteiger charge is 2.10. The minimum absolute atomic E-state index is 0.211. The third kappa shape index (κ3) is 3.25. The van der Waals surface area contributed by atoms with Crippen molar-refractivity contribution in [3.05, 3.63) is 76.5 Å². The average molecular weight is 362 g/mol. The smallest absolute Gasteiger partial charge is 0.275 e. The lowest BCUT2D eigenvalue weighted by molar-refractivity contribution is 0.415. The number of ether oxygens (including phenoxy) is 1. The van der Waals surface area contributed by atoms with Crippen molar-refractivity contribution in [1.82, 2.24) is 19.6 Å². The lowest BCUT2D eigenvalue weighted by Crippen LogP contribution is -2.14. The molecule has 4 aromatic rings. The first kappa shape index (κ1) is 16.2. The van der Waals surface area contributed by atoms with Gasteiger partial charge in [-0.1, -0.05) is 23.5 Å². The van der Waals surface area contributed by atoms with Crippen LogP contribution in [0.25, 0.3) is 27.7 Å². The summed E-state index contributed by atoms with van der Waals surface area (Å²) in [4.78, 5) is 21.5. The minimum Gasteiger partial charge on any atom is -0.497 e. The first-order valence-electron chi connectivity index (χ1n) is 7.86.